The van der Waals surface area contributed by atoms with Gasteiger partial charge in [-0.3, -0.25) is 14.5 Å². The van der Waals surface area contributed by atoms with E-state index in [0.29, 0.717) is 19.6 Å². The summed E-state index contributed by atoms with van der Waals surface area (Å²) in [4.78, 5) is 25.1. The zero-order chi connectivity index (χ0) is 12.3. The second-order valence-corrected chi connectivity index (χ2v) is 4.08. The van der Waals surface area contributed by atoms with Gasteiger partial charge < -0.3 is 14.2 Å². The van der Waals surface area contributed by atoms with E-state index in [1.165, 1.54) is 0 Å². The van der Waals surface area contributed by atoms with Crippen molar-refractivity contribution in [1.29, 1.82) is 0 Å². The molecule has 0 aliphatic carbocycles. The molecule has 0 bridgehead atoms. The van der Waals surface area contributed by atoms with Crippen molar-refractivity contribution in [3.8, 4) is 0 Å². The highest BCUT2D eigenvalue weighted by atomic mass is 16.6. The number of hydrogen-bond donors (Lipinski definition) is 0. The SMILES string of the molecule is CCOC(=O)C1CC(N2CCOCC2)OC1=O. The van der Waals surface area contributed by atoms with Crippen LogP contribution < -0.4 is 0 Å². The highest BCUT2D eigenvalue weighted by molar-refractivity contribution is 5.96. The van der Waals surface area contributed by atoms with Crippen LogP contribution in [0.1, 0.15) is 13.3 Å². The first-order valence-electron chi connectivity index (χ1n) is 5.91. The van der Waals surface area contributed by atoms with Gasteiger partial charge in [-0.25, -0.2) is 0 Å². The summed E-state index contributed by atoms with van der Waals surface area (Å²) in [5.41, 5.74) is 0. The molecule has 2 aliphatic rings. The zero-order valence-electron chi connectivity index (χ0n) is 9.89. The fourth-order valence-corrected chi connectivity index (χ4v) is 2.09. The summed E-state index contributed by atoms with van der Waals surface area (Å²) in [5.74, 6) is -1.71. The van der Waals surface area contributed by atoms with E-state index in [1.54, 1.807) is 6.92 Å². The second kappa shape index (κ2) is 5.46. The number of hydrogen-bond acceptors (Lipinski definition) is 6. The Bertz CT molecular complexity index is 300. The number of carbonyl (C=O) groups excluding carboxylic acids is 2. The Kier molecular flexibility index (Phi) is 3.96. The molecule has 0 radical (unpaired) electrons. The number of esters is 2. The largest absolute Gasteiger partial charge is 0.465 e. The van der Waals surface area contributed by atoms with Gasteiger partial charge in [0.25, 0.3) is 0 Å². The third-order valence-electron chi connectivity index (χ3n) is 3.00. The molecule has 0 aromatic heterocycles. The maximum Gasteiger partial charge on any atom is 0.322 e. The van der Waals surface area contributed by atoms with E-state index in [4.69, 9.17) is 14.2 Å². The highest BCUT2D eigenvalue weighted by Gasteiger charge is 2.43. The Morgan fingerprint density at radius 1 is 1.47 bits per heavy atom. The first-order valence-corrected chi connectivity index (χ1v) is 5.91. The molecule has 2 fully saturated rings. The molecule has 0 aromatic carbocycles. The fourth-order valence-electron chi connectivity index (χ4n) is 2.09. The van der Waals surface area contributed by atoms with Gasteiger partial charge in [0.15, 0.2) is 12.1 Å². The molecule has 2 saturated heterocycles. The van der Waals surface area contributed by atoms with E-state index < -0.39 is 17.9 Å². The fraction of sp³-hybridized carbons (Fsp3) is 0.818. The lowest BCUT2D eigenvalue weighted by molar-refractivity contribution is -0.159. The monoisotopic (exact) mass is 243 g/mol. The summed E-state index contributed by atoms with van der Waals surface area (Å²) in [6, 6.07) is 0. The lowest BCUT2D eigenvalue weighted by Gasteiger charge is -2.30. The maximum atomic E-state index is 11.6. The molecule has 0 aromatic rings. The van der Waals surface area contributed by atoms with Crippen molar-refractivity contribution >= 4 is 11.9 Å². The number of nitrogens with zero attached hydrogens (tertiary/aromatic N) is 1. The minimum atomic E-state index is -0.761. The van der Waals surface area contributed by atoms with Gasteiger partial charge in [0.05, 0.1) is 19.8 Å². The van der Waals surface area contributed by atoms with Gasteiger partial charge in [-0.1, -0.05) is 0 Å². The lowest BCUT2D eigenvalue weighted by atomic mass is 10.1. The van der Waals surface area contributed by atoms with E-state index in [0.717, 1.165) is 13.1 Å². The van der Waals surface area contributed by atoms with Crippen LogP contribution >= 0.6 is 0 Å². The first-order chi connectivity index (χ1) is 8.22. The zero-order valence-corrected chi connectivity index (χ0v) is 9.89. The number of ether oxygens (including phenoxy) is 3. The van der Waals surface area contributed by atoms with Gasteiger partial charge in [-0.05, 0) is 6.92 Å². The van der Waals surface area contributed by atoms with Crippen LogP contribution in [0, 0.1) is 5.92 Å². The Morgan fingerprint density at radius 2 is 2.18 bits per heavy atom. The summed E-state index contributed by atoms with van der Waals surface area (Å²) in [6.45, 7) is 4.74. The summed E-state index contributed by atoms with van der Waals surface area (Å²) < 4.78 is 15.3. The molecule has 0 amide bonds. The number of carbonyl (C=O) groups is 2. The Hall–Kier alpha value is -1.14. The van der Waals surface area contributed by atoms with Crippen LogP contribution in [-0.4, -0.2) is 56.0 Å². The van der Waals surface area contributed by atoms with Gasteiger partial charge >= 0.3 is 11.9 Å². The molecule has 6 heteroatoms. The Morgan fingerprint density at radius 3 is 2.82 bits per heavy atom. The van der Waals surface area contributed by atoms with Crippen LogP contribution in [0.15, 0.2) is 0 Å². The molecule has 0 spiro atoms. The van der Waals surface area contributed by atoms with E-state index in [9.17, 15) is 9.59 Å². The molecule has 2 heterocycles. The van der Waals surface area contributed by atoms with Gasteiger partial charge in [0, 0.05) is 19.5 Å². The Labute approximate surface area is 99.8 Å². The number of cyclic esters (lactones) is 1. The van der Waals surface area contributed by atoms with Gasteiger partial charge in [-0.2, -0.15) is 0 Å². The molecule has 2 unspecified atom stereocenters. The smallest absolute Gasteiger partial charge is 0.322 e. The van der Waals surface area contributed by atoms with E-state index >= 15 is 0 Å². The standard InChI is InChI=1S/C11H17NO5/c1-2-16-10(13)8-7-9(17-11(8)14)12-3-5-15-6-4-12/h8-9H,2-7H2,1H3. The van der Waals surface area contributed by atoms with Gasteiger partial charge in [0.1, 0.15) is 0 Å². The normalized spacial score (nSPS) is 30.1. The molecule has 96 valence electrons. The highest BCUT2D eigenvalue weighted by Crippen LogP contribution is 2.25. The third-order valence-corrected chi connectivity index (χ3v) is 3.00. The topological polar surface area (TPSA) is 65.1 Å². The predicted molar refractivity (Wildman–Crippen MR) is 57.0 cm³/mol. The van der Waals surface area contributed by atoms with Gasteiger partial charge in [0.2, 0.25) is 0 Å². The molecule has 6 nitrogen and oxygen atoms in total. The van der Waals surface area contributed by atoms with Crippen molar-refractivity contribution in [3.05, 3.63) is 0 Å². The van der Waals surface area contributed by atoms with E-state index in [2.05, 4.69) is 0 Å². The third kappa shape index (κ3) is 2.76. The molecule has 2 rings (SSSR count). The van der Waals surface area contributed by atoms with Crippen LogP contribution in [0.3, 0.4) is 0 Å². The van der Waals surface area contributed by atoms with E-state index in [1.807, 2.05) is 4.90 Å². The molecule has 0 N–H and O–H groups in total. The van der Waals surface area contributed by atoms with E-state index in [-0.39, 0.29) is 12.8 Å². The molecule has 0 saturated carbocycles. The van der Waals surface area contributed by atoms with Gasteiger partial charge in [-0.15, -0.1) is 0 Å². The number of rotatable bonds is 3. The van der Waals surface area contributed by atoms with Crippen LogP contribution in [0.5, 0.6) is 0 Å². The van der Waals surface area contributed by atoms with Crippen molar-refractivity contribution in [2.24, 2.45) is 5.92 Å². The van der Waals surface area contributed by atoms with Crippen molar-refractivity contribution in [1.82, 2.24) is 4.90 Å². The van der Waals surface area contributed by atoms with Crippen molar-refractivity contribution in [2.45, 2.75) is 19.6 Å². The molecular weight excluding hydrogens is 226 g/mol. The summed E-state index contributed by atoms with van der Waals surface area (Å²) >= 11 is 0. The minimum Gasteiger partial charge on any atom is -0.465 e. The maximum absolute atomic E-state index is 11.6. The summed E-state index contributed by atoms with van der Waals surface area (Å²) in [6.07, 6.45) is 0.0818. The quantitative estimate of drug-likeness (QED) is 0.504. The minimum absolute atomic E-state index is 0.283. The predicted octanol–water partition coefficient (Wildman–Crippen LogP) is -0.229. The lowest BCUT2D eigenvalue weighted by Crippen LogP contribution is -2.43. The van der Waals surface area contributed by atoms with Crippen LogP contribution in [-0.2, 0) is 23.8 Å². The average Bonchev–Trinajstić information content (AvgIpc) is 2.73. The Balaban J connectivity index is 1.91. The average molecular weight is 243 g/mol. The second-order valence-electron chi connectivity index (χ2n) is 4.08. The van der Waals surface area contributed by atoms with Crippen LogP contribution in [0.25, 0.3) is 0 Å². The van der Waals surface area contributed by atoms with Crippen molar-refractivity contribution < 1.29 is 23.8 Å². The summed E-state index contributed by atoms with van der Waals surface area (Å²) in [7, 11) is 0. The molecular formula is C11H17NO5. The van der Waals surface area contributed by atoms with Crippen LogP contribution in [0.2, 0.25) is 0 Å². The first kappa shape index (κ1) is 12.3. The van der Waals surface area contributed by atoms with Crippen molar-refractivity contribution in [3.63, 3.8) is 0 Å². The van der Waals surface area contributed by atoms with Crippen molar-refractivity contribution in [2.75, 3.05) is 32.9 Å². The molecule has 2 aliphatic heterocycles. The molecule has 17 heavy (non-hydrogen) atoms. The number of morpholine rings is 1. The molecule has 2 atom stereocenters. The van der Waals surface area contributed by atoms with Crippen LogP contribution in [0.4, 0.5) is 0 Å². The summed E-state index contributed by atoms with van der Waals surface area (Å²) in [5, 5.41) is 0.